The number of nitrogens with one attached hydrogen (secondary N) is 2. The lowest BCUT2D eigenvalue weighted by molar-refractivity contribution is -0.147. The van der Waals surface area contributed by atoms with E-state index < -0.39 is 45.4 Å². The fourth-order valence-corrected chi connectivity index (χ4v) is 9.02. The number of esters is 2. The van der Waals surface area contributed by atoms with Crippen molar-refractivity contribution >= 4 is 44.5 Å². The van der Waals surface area contributed by atoms with E-state index in [0.717, 1.165) is 11.1 Å². The fraction of sp³-hybridized carbons (Fsp3) is 0.279. The van der Waals surface area contributed by atoms with Gasteiger partial charge in [-0.25, -0.2) is 14.1 Å². The molecule has 2 heterocycles. The molecule has 0 fully saturated rings. The average molecular weight is 902 g/mol. The first kappa shape index (κ1) is 46.4. The van der Waals surface area contributed by atoms with Crippen molar-refractivity contribution in [3.63, 3.8) is 0 Å². The predicted octanol–water partition coefficient (Wildman–Crippen LogP) is 7.27. The molecule has 0 amide bonds. The number of benzene rings is 4. The van der Waals surface area contributed by atoms with Crippen LogP contribution in [-0.4, -0.2) is 63.9 Å². The maximum absolute atomic E-state index is 14.6. The van der Waals surface area contributed by atoms with Gasteiger partial charge in [0.15, 0.2) is 11.2 Å². The van der Waals surface area contributed by atoms with Crippen molar-refractivity contribution in [2.75, 3.05) is 26.1 Å². The van der Waals surface area contributed by atoms with Crippen LogP contribution < -0.4 is 29.7 Å². The Kier molecular flexibility index (Phi) is 16.4. The number of para-hydroxylation sites is 2. The van der Waals surface area contributed by atoms with Gasteiger partial charge in [-0.2, -0.15) is 20.1 Å². The van der Waals surface area contributed by atoms with E-state index in [-0.39, 0.29) is 62.7 Å². The molecule has 0 bridgehead atoms. The molecule has 2 unspecified atom stereocenters. The summed E-state index contributed by atoms with van der Waals surface area (Å²) in [6.45, 7) is 2.46. The summed E-state index contributed by atoms with van der Waals surface area (Å²) in [5.41, 5.74) is 8.24. The van der Waals surface area contributed by atoms with Gasteiger partial charge in [0, 0.05) is 12.5 Å². The maximum Gasteiger partial charge on any atom is 0.459 e. The zero-order valence-electron chi connectivity index (χ0n) is 34.9. The normalized spacial score (nSPS) is 14.7. The topological polar surface area (TPSA) is 227 Å². The number of nitrogens with two attached hydrogens (primary N) is 1. The minimum Gasteiger partial charge on any atom is -0.479 e. The molecule has 18 nitrogen and oxygen atoms in total. The second-order valence-corrected chi connectivity index (χ2v) is 17.5. The van der Waals surface area contributed by atoms with Crippen LogP contribution in [0.3, 0.4) is 0 Å². The number of carbonyl (C=O) groups excluding carboxylic acids is 2. The van der Waals surface area contributed by atoms with Gasteiger partial charge in [0.25, 0.3) is 0 Å². The van der Waals surface area contributed by atoms with Crippen molar-refractivity contribution in [3.8, 4) is 17.4 Å². The van der Waals surface area contributed by atoms with Crippen LogP contribution >= 0.6 is 15.5 Å². The number of aromatic nitrogens is 4. The van der Waals surface area contributed by atoms with E-state index in [1.165, 1.54) is 27.3 Å². The lowest BCUT2D eigenvalue weighted by Gasteiger charge is -2.27. The second kappa shape index (κ2) is 22.3. The van der Waals surface area contributed by atoms with Crippen LogP contribution in [0.1, 0.15) is 31.4 Å². The van der Waals surface area contributed by atoms with Gasteiger partial charge in [0.1, 0.15) is 36.8 Å². The highest BCUT2D eigenvalue weighted by Crippen LogP contribution is 2.48. The molecule has 4 aromatic carbocycles. The lowest BCUT2D eigenvalue weighted by atomic mass is 10.1. The Balaban J connectivity index is 1.23. The van der Waals surface area contributed by atoms with Crippen molar-refractivity contribution in [3.05, 3.63) is 139 Å². The number of nitrogens with zero attached hydrogens (tertiary/aromatic N) is 4. The summed E-state index contributed by atoms with van der Waals surface area (Å²) in [7, 11) is -7.33. The highest BCUT2D eigenvalue weighted by molar-refractivity contribution is 7.52. The second-order valence-electron chi connectivity index (χ2n) is 14.1. The first-order valence-electron chi connectivity index (χ1n) is 19.9. The molecule has 63 heavy (non-hydrogen) atoms. The number of hydrogen-bond acceptors (Lipinski definition) is 15. The molecule has 0 saturated carbocycles. The van der Waals surface area contributed by atoms with Gasteiger partial charge in [-0.15, -0.1) is 0 Å². The first-order valence-corrected chi connectivity index (χ1v) is 23.0. The van der Waals surface area contributed by atoms with Crippen LogP contribution in [0.25, 0.3) is 11.2 Å². The zero-order chi connectivity index (χ0) is 44.7. The van der Waals surface area contributed by atoms with Crippen molar-refractivity contribution in [2.24, 2.45) is 5.92 Å². The van der Waals surface area contributed by atoms with Crippen LogP contribution in [0.5, 0.6) is 17.4 Å². The molecule has 6 aromatic rings. The van der Waals surface area contributed by atoms with Crippen molar-refractivity contribution < 1.29 is 51.0 Å². The Labute approximate surface area is 364 Å². The van der Waals surface area contributed by atoms with E-state index in [1.807, 2.05) is 60.7 Å². The van der Waals surface area contributed by atoms with Gasteiger partial charge in [-0.3, -0.25) is 18.6 Å². The molecule has 332 valence electrons. The minimum absolute atomic E-state index is 0.0102. The summed E-state index contributed by atoms with van der Waals surface area (Å²) in [5.74, 6) is -1.60. The summed E-state index contributed by atoms with van der Waals surface area (Å²) in [5, 5.41) is 5.41. The number of ether oxygens (including phenoxy) is 3. The first-order chi connectivity index (χ1) is 30.4. The molecule has 20 heteroatoms. The van der Waals surface area contributed by atoms with E-state index >= 15 is 0 Å². The molecule has 0 aliphatic rings. The highest BCUT2D eigenvalue weighted by Gasteiger charge is 2.36. The quantitative estimate of drug-likeness (QED) is 0.0401. The monoisotopic (exact) mass is 901 g/mol. The van der Waals surface area contributed by atoms with Gasteiger partial charge in [0.2, 0.25) is 11.8 Å². The molecule has 0 saturated heterocycles. The van der Waals surface area contributed by atoms with Gasteiger partial charge >= 0.3 is 27.4 Å². The maximum atomic E-state index is 14.6. The molecule has 0 aliphatic heterocycles. The highest BCUT2D eigenvalue weighted by atomic mass is 31.2. The van der Waals surface area contributed by atoms with E-state index in [1.54, 1.807) is 65.2 Å². The van der Waals surface area contributed by atoms with E-state index in [0.29, 0.717) is 11.2 Å². The van der Waals surface area contributed by atoms with Gasteiger partial charge in [-0.05, 0) is 55.7 Å². The van der Waals surface area contributed by atoms with Crippen LogP contribution in [0, 0.1) is 5.92 Å². The van der Waals surface area contributed by atoms with Gasteiger partial charge in [0.05, 0.1) is 26.7 Å². The third-order valence-electron chi connectivity index (χ3n) is 9.18. The van der Waals surface area contributed by atoms with Crippen LogP contribution in [0.15, 0.2) is 128 Å². The Bertz CT molecular complexity index is 2360. The number of imidazole rings is 1. The summed E-state index contributed by atoms with van der Waals surface area (Å²) in [6.07, 6.45) is 1.74. The fourth-order valence-electron chi connectivity index (χ4n) is 5.89. The standard InChI is InChI=1S/C43H49N7O11P2/c1-31(41(51)56-26-33-16-8-4-9-17-33)48-62(53,60-36-20-12-6-13-21-36)58-28-35(24-25-50-30-45-38-39(50)46-43(44)47-40(38)55-3)29-59-63(54,61-37-22-14-7-15-23-37)49-32(2)42(52)57-27-34-18-10-5-11-19-34/h4-23,30-32,35H,24-29H2,1-3H3,(H,48,53)(H,49,54)(H2,44,46,47)/t31-,32-,35?,62?,63?/m0/s1. The van der Waals surface area contributed by atoms with E-state index in [9.17, 15) is 18.7 Å². The van der Waals surface area contributed by atoms with Crippen molar-refractivity contribution in [1.29, 1.82) is 0 Å². The number of nitrogen functional groups attached to an aromatic ring is 1. The summed E-state index contributed by atoms with van der Waals surface area (Å²) in [4.78, 5) is 39.1. The molecule has 0 aliphatic carbocycles. The Morgan fingerprint density at radius 3 is 1.57 bits per heavy atom. The number of aryl methyl sites for hydroxylation is 1. The van der Waals surface area contributed by atoms with Gasteiger partial charge in [-0.1, -0.05) is 97.1 Å². The van der Waals surface area contributed by atoms with E-state index in [2.05, 4.69) is 25.1 Å². The molecule has 6 rings (SSSR count). The number of rotatable bonds is 24. The molecule has 0 radical (unpaired) electrons. The van der Waals surface area contributed by atoms with Crippen molar-refractivity contribution in [2.45, 2.75) is 52.1 Å². The third-order valence-corrected chi connectivity index (χ3v) is 12.5. The number of anilines is 1. The Hall–Kier alpha value is -6.13. The summed E-state index contributed by atoms with van der Waals surface area (Å²) >= 11 is 0. The predicted molar refractivity (Wildman–Crippen MR) is 233 cm³/mol. The van der Waals surface area contributed by atoms with Crippen LogP contribution in [-0.2, 0) is 57.0 Å². The number of hydrogen-bond donors (Lipinski definition) is 3. The molecule has 2 aromatic heterocycles. The molecule has 4 atom stereocenters. The van der Waals surface area contributed by atoms with Crippen LogP contribution in [0.4, 0.5) is 5.95 Å². The lowest BCUT2D eigenvalue weighted by Crippen LogP contribution is -2.36. The molecule has 0 spiro atoms. The Morgan fingerprint density at radius 1 is 0.683 bits per heavy atom. The number of carbonyl (C=O) groups is 2. The van der Waals surface area contributed by atoms with E-state index in [4.69, 9.17) is 38.0 Å². The minimum atomic E-state index is -4.39. The van der Waals surface area contributed by atoms with Crippen LogP contribution in [0.2, 0.25) is 0 Å². The van der Waals surface area contributed by atoms with Crippen molar-refractivity contribution in [1.82, 2.24) is 29.7 Å². The largest absolute Gasteiger partial charge is 0.479 e. The smallest absolute Gasteiger partial charge is 0.459 e. The molecular weight excluding hydrogens is 852 g/mol. The number of fused-ring (bicyclic) bond motifs is 1. The number of methoxy groups -OCH3 is 1. The zero-order valence-corrected chi connectivity index (χ0v) is 36.6. The summed E-state index contributed by atoms with van der Waals surface area (Å²) in [6, 6.07) is 32.5. The average Bonchev–Trinajstić information content (AvgIpc) is 3.70. The third kappa shape index (κ3) is 13.9. The molecule has 4 N–H and O–H groups in total. The SMILES string of the molecule is COc1nc(N)nc2c1ncn2CCC(COP(=O)(N[C@@H](C)C(=O)OCc1ccccc1)Oc1ccccc1)COP(=O)(N[C@@H](C)C(=O)OCc1ccccc1)Oc1ccccc1. The summed E-state index contributed by atoms with van der Waals surface area (Å²) < 4.78 is 71.3. The van der Waals surface area contributed by atoms with Gasteiger partial charge < -0.3 is 33.6 Å². The molecular formula is C43H49N7O11P2. The Morgan fingerprint density at radius 2 is 1.13 bits per heavy atom.